The number of ketones is 1. The SMILES string of the molecule is CCOC(=O)C1C(=O)C=C(c2cccc(F)c2)CC1c1cccs1. The van der Waals surface area contributed by atoms with E-state index < -0.39 is 11.9 Å². The average molecular weight is 344 g/mol. The number of hydrogen-bond donors (Lipinski definition) is 0. The predicted octanol–water partition coefficient (Wildman–Crippen LogP) is 4.21. The maximum atomic E-state index is 13.5. The van der Waals surface area contributed by atoms with Crippen molar-refractivity contribution in [3.63, 3.8) is 0 Å². The third-order valence-electron chi connectivity index (χ3n) is 4.11. The fraction of sp³-hybridized carbons (Fsp3) is 0.263. The van der Waals surface area contributed by atoms with Gasteiger partial charge in [0, 0.05) is 10.8 Å². The summed E-state index contributed by atoms with van der Waals surface area (Å²) in [6, 6.07) is 9.99. The van der Waals surface area contributed by atoms with Gasteiger partial charge in [-0.1, -0.05) is 18.2 Å². The Hall–Kier alpha value is -2.27. The maximum absolute atomic E-state index is 13.5. The van der Waals surface area contributed by atoms with Crippen LogP contribution in [0.1, 0.15) is 29.7 Å². The zero-order valence-electron chi connectivity index (χ0n) is 13.2. The molecule has 1 heterocycles. The second kappa shape index (κ2) is 7.09. The molecule has 24 heavy (non-hydrogen) atoms. The van der Waals surface area contributed by atoms with Gasteiger partial charge in [0.15, 0.2) is 5.78 Å². The number of thiophene rings is 1. The van der Waals surface area contributed by atoms with Gasteiger partial charge in [0.2, 0.25) is 0 Å². The zero-order chi connectivity index (χ0) is 17.1. The Morgan fingerprint density at radius 3 is 2.83 bits per heavy atom. The molecule has 0 aliphatic heterocycles. The lowest BCUT2D eigenvalue weighted by Gasteiger charge is -2.28. The van der Waals surface area contributed by atoms with E-state index in [1.54, 1.807) is 19.1 Å². The first-order chi connectivity index (χ1) is 11.6. The molecule has 124 valence electrons. The maximum Gasteiger partial charge on any atom is 0.317 e. The van der Waals surface area contributed by atoms with Crippen LogP contribution in [-0.4, -0.2) is 18.4 Å². The first-order valence-corrected chi connectivity index (χ1v) is 8.68. The smallest absolute Gasteiger partial charge is 0.317 e. The van der Waals surface area contributed by atoms with E-state index >= 15 is 0 Å². The molecule has 1 aliphatic carbocycles. The number of carbonyl (C=O) groups excluding carboxylic acids is 2. The molecule has 1 aromatic carbocycles. The minimum atomic E-state index is -0.832. The van der Waals surface area contributed by atoms with E-state index in [2.05, 4.69) is 0 Å². The molecule has 0 saturated carbocycles. The van der Waals surface area contributed by atoms with E-state index in [-0.39, 0.29) is 24.1 Å². The van der Waals surface area contributed by atoms with Crippen LogP contribution in [0.2, 0.25) is 0 Å². The monoisotopic (exact) mass is 344 g/mol. The minimum Gasteiger partial charge on any atom is -0.465 e. The van der Waals surface area contributed by atoms with Crippen LogP contribution in [0, 0.1) is 11.7 Å². The predicted molar refractivity (Wildman–Crippen MR) is 91.2 cm³/mol. The van der Waals surface area contributed by atoms with Gasteiger partial charge >= 0.3 is 5.97 Å². The van der Waals surface area contributed by atoms with Crippen molar-refractivity contribution in [2.24, 2.45) is 5.92 Å². The van der Waals surface area contributed by atoms with Crippen molar-refractivity contribution in [2.75, 3.05) is 6.61 Å². The van der Waals surface area contributed by atoms with Gasteiger partial charge in [0.05, 0.1) is 6.61 Å². The third kappa shape index (κ3) is 3.31. The summed E-state index contributed by atoms with van der Waals surface area (Å²) in [5, 5.41) is 1.92. The number of allylic oxidation sites excluding steroid dienone is 2. The van der Waals surface area contributed by atoms with Crippen LogP contribution in [0.3, 0.4) is 0 Å². The van der Waals surface area contributed by atoms with E-state index in [1.807, 2.05) is 17.5 Å². The molecule has 2 atom stereocenters. The van der Waals surface area contributed by atoms with Gasteiger partial charge in [-0.25, -0.2) is 4.39 Å². The Morgan fingerprint density at radius 2 is 2.17 bits per heavy atom. The van der Waals surface area contributed by atoms with Gasteiger partial charge in [-0.3, -0.25) is 9.59 Å². The lowest BCUT2D eigenvalue weighted by Crippen LogP contribution is -2.33. The summed E-state index contributed by atoms with van der Waals surface area (Å²) in [5.41, 5.74) is 1.42. The van der Waals surface area contributed by atoms with Crippen LogP contribution < -0.4 is 0 Å². The molecule has 3 nitrogen and oxygen atoms in total. The summed E-state index contributed by atoms with van der Waals surface area (Å²) in [5.74, 6) is -2.23. The molecule has 1 aromatic heterocycles. The molecule has 0 saturated heterocycles. The Balaban J connectivity index is 2.00. The highest BCUT2D eigenvalue weighted by atomic mass is 32.1. The molecular formula is C19H17FO3S. The molecule has 0 fully saturated rings. The molecule has 1 aliphatic rings. The second-order valence-corrected chi connectivity index (χ2v) is 6.62. The Bertz CT molecular complexity index is 780. The summed E-state index contributed by atoms with van der Waals surface area (Å²) >= 11 is 1.51. The van der Waals surface area contributed by atoms with Gasteiger partial charge < -0.3 is 4.74 Å². The number of benzene rings is 1. The van der Waals surface area contributed by atoms with Crippen molar-refractivity contribution >= 4 is 28.7 Å². The molecule has 3 rings (SSSR count). The number of carbonyl (C=O) groups is 2. The van der Waals surface area contributed by atoms with Crippen molar-refractivity contribution in [1.82, 2.24) is 0 Å². The fourth-order valence-corrected chi connectivity index (χ4v) is 3.91. The van der Waals surface area contributed by atoms with Crippen LogP contribution in [0.15, 0.2) is 47.9 Å². The summed E-state index contributed by atoms with van der Waals surface area (Å²) in [4.78, 5) is 25.9. The van der Waals surface area contributed by atoms with Crippen LogP contribution >= 0.6 is 11.3 Å². The van der Waals surface area contributed by atoms with Gasteiger partial charge in [0.1, 0.15) is 11.7 Å². The van der Waals surface area contributed by atoms with E-state index in [4.69, 9.17) is 4.74 Å². The second-order valence-electron chi connectivity index (χ2n) is 5.64. The summed E-state index contributed by atoms with van der Waals surface area (Å²) in [6.45, 7) is 1.96. The molecule has 2 unspecified atom stereocenters. The number of esters is 1. The van der Waals surface area contributed by atoms with Gasteiger partial charge in [-0.05, 0) is 54.1 Å². The lowest BCUT2D eigenvalue weighted by molar-refractivity contribution is -0.151. The van der Waals surface area contributed by atoms with E-state index in [0.717, 1.165) is 10.5 Å². The lowest BCUT2D eigenvalue weighted by atomic mass is 9.76. The minimum absolute atomic E-state index is 0.236. The van der Waals surface area contributed by atoms with Gasteiger partial charge in [-0.2, -0.15) is 0 Å². The fourth-order valence-electron chi connectivity index (χ4n) is 3.04. The Labute approximate surface area is 143 Å². The molecule has 0 spiro atoms. The normalized spacial score (nSPS) is 20.6. The number of rotatable bonds is 4. The molecule has 0 N–H and O–H groups in total. The van der Waals surface area contributed by atoms with E-state index in [9.17, 15) is 14.0 Å². The van der Waals surface area contributed by atoms with Crippen molar-refractivity contribution in [3.05, 3.63) is 64.1 Å². The van der Waals surface area contributed by atoms with Crippen LogP contribution in [0.4, 0.5) is 4.39 Å². The Kier molecular flexibility index (Phi) is 4.90. The van der Waals surface area contributed by atoms with Crippen molar-refractivity contribution < 1.29 is 18.7 Å². The van der Waals surface area contributed by atoms with Gasteiger partial charge in [0.25, 0.3) is 0 Å². The van der Waals surface area contributed by atoms with Gasteiger partial charge in [-0.15, -0.1) is 11.3 Å². The van der Waals surface area contributed by atoms with E-state index in [0.29, 0.717) is 12.0 Å². The molecule has 0 radical (unpaired) electrons. The topological polar surface area (TPSA) is 43.4 Å². The molecular weight excluding hydrogens is 327 g/mol. The third-order valence-corrected chi connectivity index (χ3v) is 5.11. The zero-order valence-corrected chi connectivity index (χ0v) is 14.0. The summed E-state index contributed by atoms with van der Waals surface area (Å²) in [6.07, 6.45) is 1.96. The largest absolute Gasteiger partial charge is 0.465 e. The highest BCUT2D eigenvalue weighted by Crippen LogP contribution is 2.41. The summed E-state index contributed by atoms with van der Waals surface area (Å²) < 4.78 is 18.6. The highest BCUT2D eigenvalue weighted by molar-refractivity contribution is 7.10. The first kappa shape index (κ1) is 16.6. The van der Waals surface area contributed by atoms with Crippen molar-refractivity contribution in [2.45, 2.75) is 19.3 Å². The first-order valence-electron chi connectivity index (χ1n) is 7.80. The van der Waals surface area contributed by atoms with Crippen LogP contribution in [0.25, 0.3) is 5.57 Å². The van der Waals surface area contributed by atoms with E-state index in [1.165, 1.54) is 29.5 Å². The summed E-state index contributed by atoms with van der Waals surface area (Å²) in [7, 11) is 0. The van der Waals surface area contributed by atoms with Crippen molar-refractivity contribution in [1.29, 1.82) is 0 Å². The molecule has 0 bridgehead atoms. The highest BCUT2D eigenvalue weighted by Gasteiger charge is 2.40. The standard InChI is InChI=1S/C19H17FO3S/c1-2-23-19(22)18-15(17-7-4-8-24-17)10-13(11-16(18)21)12-5-3-6-14(20)9-12/h3-9,11,15,18H,2,10H2,1H3. The molecule has 0 amide bonds. The Morgan fingerprint density at radius 1 is 1.33 bits per heavy atom. The van der Waals surface area contributed by atoms with Crippen molar-refractivity contribution in [3.8, 4) is 0 Å². The molecule has 5 heteroatoms. The number of ether oxygens (including phenoxy) is 1. The quantitative estimate of drug-likeness (QED) is 0.616. The number of halogens is 1. The molecule has 2 aromatic rings. The van der Waals surface area contributed by atoms with Crippen LogP contribution in [0.5, 0.6) is 0 Å². The number of hydrogen-bond acceptors (Lipinski definition) is 4. The van der Waals surface area contributed by atoms with Crippen LogP contribution in [-0.2, 0) is 14.3 Å². The average Bonchev–Trinajstić information content (AvgIpc) is 3.08.